The van der Waals surface area contributed by atoms with E-state index < -0.39 is 5.97 Å². The van der Waals surface area contributed by atoms with E-state index in [0.717, 1.165) is 24.3 Å². The Bertz CT molecular complexity index is 696. The van der Waals surface area contributed by atoms with Crippen molar-refractivity contribution >= 4 is 23.5 Å². The second-order valence-electron chi connectivity index (χ2n) is 8.44. The van der Waals surface area contributed by atoms with Gasteiger partial charge in [-0.3, -0.25) is 9.59 Å². The standard InChI is InChI=1S/C21H26ClNO3/c22-18-5-2-14(3-6-18)12-21(13-15-1-4-17(21)11-15)20(26)23-9-7-16(8-10-23)19(24)25/h2-3,5-6,15-17H,1,4,7-13H2,(H,24,25). The van der Waals surface area contributed by atoms with Crippen molar-refractivity contribution in [3.63, 3.8) is 0 Å². The van der Waals surface area contributed by atoms with Crippen LogP contribution in [0.4, 0.5) is 0 Å². The summed E-state index contributed by atoms with van der Waals surface area (Å²) < 4.78 is 0. The molecule has 5 heteroatoms. The quantitative estimate of drug-likeness (QED) is 0.864. The van der Waals surface area contributed by atoms with E-state index in [-0.39, 0.29) is 17.2 Å². The molecule has 3 atom stereocenters. The fraction of sp³-hybridized carbons (Fsp3) is 0.619. The molecule has 0 radical (unpaired) electrons. The highest BCUT2D eigenvalue weighted by Crippen LogP contribution is 2.58. The minimum atomic E-state index is -0.729. The molecule has 0 aromatic heterocycles. The van der Waals surface area contributed by atoms with Gasteiger partial charge >= 0.3 is 5.97 Å². The zero-order chi connectivity index (χ0) is 18.3. The molecule has 3 fully saturated rings. The van der Waals surface area contributed by atoms with E-state index >= 15 is 0 Å². The second kappa shape index (κ2) is 6.88. The van der Waals surface area contributed by atoms with Crippen molar-refractivity contribution in [3.8, 4) is 0 Å². The van der Waals surface area contributed by atoms with Crippen molar-refractivity contribution in [2.45, 2.75) is 44.9 Å². The summed E-state index contributed by atoms with van der Waals surface area (Å²) in [5, 5.41) is 9.93. The number of rotatable bonds is 4. The lowest BCUT2D eigenvalue weighted by Gasteiger charge is -2.42. The maximum Gasteiger partial charge on any atom is 0.306 e. The third-order valence-electron chi connectivity index (χ3n) is 6.97. The lowest BCUT2D eigenvalue weighted by molar-refractivity contribution is -0.151. The molecule has 3 unspecified atom stereocenters. The average molecular weight is 376 g/mol. The fourth-order valence-electron chi connectivity index (χ4n) is 5.61. The van der Waals surface area contributed by atoms with Crippen LogP contribution < -0.4 is 0 Å². The molecule has 1 heterocycles. The van der Waals surface area contributed by atoms with Gasteiger partial charge in [0.1, 0.15) is 0 Å². The molecule has 2 aliphatic carbocycles. The third kappa shape index (κ3) is 3.13. The van der Waals surface area contributed by atoms with Crippen LogP contribution in [-0.2, 0) is 16.0 Å². The molecule has 1 saturated heterocycles. The number of carboxylic acid groups (broad SMARTS) is 1. The molecule has 3 aliphatic rings. The largest absolute Gasteiger partial charge is 0.481 e. The van der Waals surface area contributed by atoms with Crippen molar-refractivity contribution < 1.29 is 14.7 Å². The number of hydrogen-bond donors (Lipinski definition) is 1. The summed E-state index contributed by atoms with van der Waals surface area (Å²) in [5.41, 5.74) is 0.878. The Kier molecular flexibility index (Phi) is 4.72. The lowest BCUT2D eigenvalue weighted by Crippen LogP contribution is -2.51. The van der Waals surface area contributed by atoms with Crippen LogP contribution in [0.25, 0.3) is 0 Å². The Balaban J connectivity index is 1.55. The maximum absolute atomic E-state index is 13.6. The van der Waals surface area contributed by atoms with Crippen LogP contribution in [0.2, 0.25) is 5.02 Å². The van der Waals surface area contributed by atoms with E-state index in [9.17, 15) is 14.7 Å². The monoisotopic (exact) mass is 375 g/mol. The topological polar surface area (TPSA) is 57.6 Å². The number of carbonyl (C=O) groups is 2. The number of nitrogens with zero attached hydrogens (tertiary/aromatic N) is 1. The average Bonchev–Trinajstić information content (AvgIpc) is 3.25. The van der Waals surface area contributed by atoms with Gasteiger partial charge in [-0.2, -0.15) is 0 Å². The van der Waals surface area contributed by atoms with E-state index in [0.29, 0.717) is 37.8 Å². The highest BCUT2D eigenvalue weighted by Gasteiger charge is 2.56. The number of hydrogen-bond acceptors (Lipinski definition) is 2. The van der Waals surface area contributed by atoms with E-state index in [2.05, 4.69) is 0 Å². The van der Waals surface area contributed by atoms with Crippen LogP contribution in [0.3, 0.4) is 0 Å². The van der Waals surface area contributed by atoms with Crippen molar-refractivity contribution in [2.75, 3.05) is 13.1 Å². The van der Waals surface area contributed by atoms with Crippen LogP contribution in [0.1, 0.15) is 44.1 Å². The van der Waals surface area contributed by atoms with Gasteiger partial charge < -0.3 is 10.0 Å². The molecule has 1 aromatic carbocycles. The number of likely N-dealkylation sites (tertiary alicyclic amines) is 1. The Morgan fingerprint density at radius 2 is 1.81 bits per heavy atom. The number of carboxylic acids is 1. The first-order valence-electron chi connectivity index (χ1n) is 9.74. The lowest BCUT2D eigenvalue weighted by atomic mass is 9.68. The van der Waals surface area contributed by atoms with Gasteiger partial charge in [0.05, 0.1) is 11.3 Å². The highest BCUT2D eigenvalue weighted by atomic mass is 35.5. The van der Waals surface area contributed by atoms with Crippen LogP contribution in [0, 0.1) is 23.2 Å². The summed E-state index contributed by atoms with van der Waals surface area (Å²) in [6.07, 6.45) is 6.49. The first-order chi connectivity index (χ1) is 12.5. The van der Waals surface area contributed by atoms with Gasteiger partial charge in [-0.1, -0.05) is 30.2 Å². The number of halogens is 1. The molecule has 1 aromatic rings. The summed E-state index contributed by atoms with van der Waals surface area (Å²) in [5.74, 6) is 0.378. The van der Waals surface area contributed by atoms with Gasteiger partial charge in [0.2, 0.25) is 5.91 Å². The summed E-state index contributed by atoms with van der Waals surface area (Å²) in [6.45, 7) is 1.16. The normalized spacial score (nSPS) is 31.3. The van der Waals surface area contributed by atoms with Gasteiger partial charge in [-0.05, 0) is 68.1 Å². The minimum absolute atomic E-state index is 0.267. The van der Waals surface area contributed by atoms with E-state index in [1.165, 1.54) is 18.4 Å². The molecule has 26 heavy (non-hydrogen) atoms. The van der Waals surface area contributed by atoms with Gasteiger partial charge in [-0.25, -0.2) is 0 Å². The fourth-order valence-corrected chi connectivity index (χ4v) is 5.74. The Morgan fingerprint density at radius 1 is 1.12 bits per heavy atom. The van der Waals surface area contributed by atoms with E-state index in [4.69, 9.17) is 11.6 Å². The maximum atomic E-state index is 13.6. The molecule has 140 valence electrons. The van der Waals surface area contributed by atoms with Crippen LogP contribution in [0.15, 0.2) is 24.3 Å². The van der Waals surface area contributed by atoms with Gasteiger partial charge in [-0.15, -0.1) is 0 Å². The zero-order valence-corrected chi connectivity index (χ0v) is 15.8. The Hall–Kier alpha value is -1.55. The predicted octanol–water partition coefficient (Wildman–Crippen LogP) is 4.01. The van der Waals surface area contributed by atoms with Crippen LogP contribution in [-0.4, -0.2) is 35.0 Å². The second-order valence-corrected chi connectivity index (χ2v) is 8.88. The highest BCUT2D eigenvalue weighted by molar-refractivity contribution is 6.30. The molecule has 1 amide bonds. The third-order valence-corrected chi connectivity index (χ3v) is 7.22. The number of piperidine rings is 1. The SMILES string of the molecule is O=C(O)C1CCN(C(=O)C2(Cc3ccc(Cl)cc3)CC3CCC2C3)CC1. The first kappa shape index (κ1) is 17.8. The van der Waals surface area contributed by atoms with Crippen molar-refractivity contribution in [1.29, 1.82) is 0 Å². The molecule has 2 saturated carbocycles. The van der Waals surface area contributed by atoms with E-state index in [1.54, 1.807) is 0 Å². The number of carbonyl (C=O) groups excluding carboxylic acids is 1. The van der Waals surface area contributed by atoms with E-state index in [1.807, 2.05) is 29.2 Å². The molecule has 0 spiro atoms. The smallest absolute Gasteiger partial charge is 0.306 e. The summed E-state index contributed by atoms with van der Waals surface area (Å²) >= 11 is 6.03. The molecule has 2 bridgehead atoms. The van der Waals surface area contributed by atoms with Crippen LogP contribution >= 0.6 is 11.6 Å². The molecule has 4 rings (SSSR count). The van der Waals surface area contributed by atoms with Gasteiger partial charge in [0, 0.05) is 18.1 Å². The summed E-state index contributed by atoms with van der Waals surface area (Å²) in [4.78, 5) is 26.8. The van der Waals surface area contributed by atoms with Crippen LogP contribution in [0.5, 0.6) is 0 Å². The van der Waals surface area contributed by atoms with Crippen molar-refractivity contribution in [2.24, 2.45) is 23.2 Å². The molecule has 1 aliphatic heterocycles. The molecule has 4 nitrogen and oxygen atoms in total. The van der Waals surface area contributed by atoms with Crippen molar-refractivity contribution in [3.05, 3.63) is 34.9 Å². The summed E-state index contributed by atoms with van der Waals surface area (Å²) in [6, 6.07) is 7.89. The number of aliphatic carboxylic acids is 1. The minimum Gasteiger partial charge on any atom is -0.481 e. The molecule has 1 N–H and O–H groups in total. The molecular weight excluding hydrogens is 350 g/mol. The number of benzene rings is 1. The Labute approximate surface area is 159 Å². The summed E-state index contributed by atoms with van der Waals surface area (Å²) in [7, 11) is 0. The van der Waals surface area contributed by atoms with Gasteiger partial charge in [0.15, 0.2) is 0 Å². The first-order valence-corrected chi connectivity index (χ1v) is 10.1. The Morgan fingerprint density at radius 3 is 2.35 bits per heavy atom. The predicted molar refractivity (Wildman–Crippen MR) is 100.0 cm³/mol. The zero-order valence-electron chi connectivity index (χ0n) is 15.0. The number of fused-ring (bicyclic) bond motifs is 2. The van der Waals surface area contributed by atoms with Crippen molar-refractivity contribution in [1.82, 2.24) is 4.90 Å². The van der Waals surface area contributed by atoms with Gasteiger partial charge in [0.25, 0.3) is 0 Å². The number of amides is 1. The molecular formula is C21H26ClNO3.